The van der Waals surface area contributed by atoms with Gasteiger partial charge in [-0.15, -0.1) is 0 Å². The number of carbonyl (C=O) groups is 2. The maximum Gasteiger partial charge on any atom is 0.306 e. The van der Waals surface area contributed by atoms with Crippen molar-refractivity contribution < 1.29 is 73.8 Å². The van der Waals surface area contributed by atoms with Crippen LogP contribution in [0.25, 0.3) is 0 Å². The summed E-state index contributed by atoms with van der Waals surface area (Å²) in [6, 6.07) is 0. The van der Waals surface area contributed by atoms with Gasteiger partial charge in [-0.3, -0.25) is 9.59 Å². The van der Waals surface area contributed by atoms with Crippen molar-refractivity contribution in [2.45, 2.75) is 313 Å². The molecule has 0 aromatic heterocycles. The molecule has 7 N–H and O–H groups in total. The average molecular weight is 1060 g/mol. The van der Waals surface area contributed by atoms with Crippen molar-refractivity contribution in [3.8, 4) is 0 Å². The summed E-state index contributed by atoms with van der Waals surface area (Å²) in [5.74, 6) is -0.917. The van der Waals surface area contributed by atoms with Gasteiger partial charge < -0.3 is 64.2 Å². The summed E-state index contributed by atoms with van der Waals surface area (Å²) in [6.07, 6.45) is 33.4. The molecule has 434 valence electrons. The van der Waals surface area contributed by atoms with E-state index in [1.165, 1.54) is 161 Å². The quantitative estimate of drug-likeness (QED) is 0.0171. The van der Waals surface area contributed by atoms with E-state index in [2.05, 4.69) is 38.2 Å². The van der Waals surface area contributed by atoms with E-state index in [0.717, 1.165) is 44.9 Å². The van der Waals surface area contributed by atoms with Crippen LogP contribution in [-0.2, 0) is 38.0 Å². The van der Waals surface area contributed by atoms with E-state index in [1.807, 2.05) is 0 Å². The van der Waals surface area contributed by atoms with E-state index in [0.29, 0.717) is 12.8 Å². The Labute approximate surface area is 447 Å². The first-order chi connectivity index (χ1) is 36.0. The molecule has 0 spiro atoms. The molecule has 2 aliphatic heterocycles. The van der Waals surface area contributed by atoms with Crippen molar-refractivity contribution in [1.82, 2.24) is 0 Å². The van der Waals surface area contributed by atoms with Gasteiger partial charge in [0.25, 0.3) is 0 Å². The minimum Gasteiger partial charge on any atom is -0.462 e. The van der Waals surface area contributed by atoms with Gasteiger partial charge >= 0.3 is 11.9 Å². The fourth-order valence-corrected chi connectivity index (χ4v) is 9.50. The van der Waals surface area contributed by atoms with E-state index in [4.69, 9.17) is 28.4 Å². The molecular formula is C59H108O15. The molecule has 2 aliphatic rings. The summed E-state index contributed by atoms with van der Waals surface area (Å²) >= 11 is 0. The van der Waals surface area contributed by atoms with Crippen molar-refractivity contribution in [3.63, 3.8) is 0 Å². The van der Waals surface area contributed by atoms with E-state index in [-0.39, 0.29) is 26.1 Å². The highest BCUT2D eigenvalue weighted by Gasteiger charge is 2.47. The number of aliphatic hydroxyl groups excluding tert-OH is 7. The van der Waals surface area contributed by atoms with Crippen molar-refractivity contribution in [1.29, 1.82) is 0 Å². The van der Waals surface area contributed by atoms with Crippen LogP contribution in [0.1, 0.15) is 245 Å². The normalized spacial score (nSPS) is 24.8. The number of hydrogen-bond acceptors (Lipinski definition) is 15. The molecule has 4 unspecified atom stereocenters. The first-order valence-electron chi connectivity index (χ1n) is 29.9. The van der Waals surface area contributed by atoms with Gasteiger partial charge in [0.1, 0.15) is 55.4 Å². The highest BCUT2D eigenvalue weighted by molar-refractivity contribution is 5.70. The van der Waals surface area contributed by atoms with Gasteiger partial charge in [0, 0.05) is 12.8 Å². The zero-order valence-electron chi connectivity index (χ0n) is 46.3. The summed E-state index contributed by atoms with van der Waals surface area (Å²) in [5, 5.41) is 72.3. The predicted molar refractivity (Wildman–Crippen MR) is 289 cm³/mol. The molecule has 2 heterocycles. The lowest BCUT2D eigenvalue weighted by Crippen LogP contribution is -2.61. The Morgan fingerprint density at radius 2 is 0.770 bits per heavy atom. The van der Waals surface area contributed by atoms with Crippen molar-refractivity contribution in [3.05, 3.63) is 24.3 Å². The van der Waals surface area contributed by atoms with Gasteiger partial charge in [-0.05, 0) is 64.2 Å². The van der Waals surface area contributed by atoms with Crippen LogP contribution in [-0.4, -0.2) is 142 Å². The SMILES string of the molecule is CCCCCC/C=C/CCCCCCCCCCCC(=O)O[C@@H](COC(=O)CCCCCCCCCCCCC/C=C/CCCCCCCC)CO[C@@H]1O[C@H](CO[C@@H]2O[C@H](CO)[C@H](O)C(O)C2O)[C@H](O)C(O)C1O. The molecule has 2 rings (SSSR count). The van der Waals surface area contributed by atoms with Gasteiger partial charge in [-0.1, -0.05) is 192 Å². The Morgan fingerprint density at radius 3 is 1.20 bits per heavy atom. The Morgan fingerprint density at radius 1 is 0.419 bits per heavy atom. The number of hydrogen-bond donors (Lipinski definition) is 7. The van der Waals surface area contributed by atoms with Gasteiger partial charge in [-0.2, -0.15) is 0 Å². The first-order valence-corrected chi connectivity index (χ1v) is 29.9. The molecule has 0 saturated carbocycles. The number of ether oxygens (including phenoxy) is 6. The molecule has 0 aliphatic carbocycles. The molecule has 15 nitrogen and oxygen atoms in total. The van der Waals surface area contributed by atoms with Crippen LogP contribution < -0.4 is 0 Å². The summed E-state index contributed by atoms with van der Waals surface area (Å²) in [7, 11) is 0. The Kier molecular flexibility index (Phi) is 42.3. The number of carbonyl (C=O) groups excluding carboxylic acids is 2. The maximum atomic E-state index is 13.1. The van der Waals surface area contributed by atoms with Crippen molar-refractivity contribution in [2.24, 2.45) is 0 Å². The van der Waals surface area contributed by atoms with Crippen LogP contribution in [0.5, 0.6) is 0 Å². The second-order valence-corrected chi connectivity index (χ2v) is 21.2. The van der Waals surface area contributed by atoms with E-state index in [9.17, 15) is 45.3 Å². The molecular weight excluding hydrogens is 949 g/mol. The molecule has 0 aromatic rings. The minimum absolute atomic E-state index is 0.165. The highest BCUT2D eigenvalue weighted by Crippen LogP contribution is 2.27. The zero-order chi connectivity index (χ0) is 53.9. The molecule has 74 heavy (non-hydrogen) atoms. The van der Waals surface area contributed by atoms with Crippen LogP contribution in [0.2, 0.25) is 0 Å². The lowest BCUT2D eigenvalue weighted by molar-refractivity contribution is -0.332. The summed E-state index contributed by atoms with van der Waals surface area (Å²) in [5.41, 5.74) is 0. The molecule has 11 atom stereocenters. The molecule has 15 heteroatoms. The third kappa shape index (κ3) is 32.7. The maximum absolute atomic E-state index is 13.1. The molecule has 2 saturated heterocycles. The second kappa shape index (κ2) is 45.9. The fourth-order valence-electron chi connectivity index (χ4n) is 9.50. The Balaban J connectivity index is 1.73. The van der Waals surface area contributed by atoms with Gasteiger partial charge in [0.05, 0.1) is 19.8 Å². The first kappa shape index (κ1) is 68.1. The van der Waals surface area contributed by atoms with E-state index in [1.54, 1.807) is 0 Å². The minimum atomic E-state index is -1.76. The third-order valence-electron chi connectivity index (χ3n) is 14.4. The highest BCUT2D eigenvalue weighted by atomic mass is 16.7. The van der Waals surface area contributed by atoms with Crippen LogP contribution in [0.15, 0.2) is 24.3 Å². The number of allylic oxidation sites excluding steroid dienone is 4. The lowest BCUT2D eigenvalue weighted by atomic mass is 9.98. The molecule has 0 bridgehead atoms. The second-order valence-electron chi connectivity index (χ2n) is 21.2. The third-order valence-corrected chi connectivity index (χ3v) is 14.4. The molecule has 0 radical (unpaired) electrons. The monoisotopic (exact) mass is 1060 g/mol. The Bertz CT molecular complexity index is 1380. The summed E-state index contributed by atoms with van der Waals surface area (Å²) in [4.78, 5) is 25.9. The van der Waals surface area contributed by atoms with Crippen molar-refractivity contribution in [2.75, 3.05) is 26.4 Å². The number of aliphatic hydroxyl groups is 7. The van der Waals surface area contributed by atoms with Crippen molar-refractivity contribution >= 4 is 11.9 Å². The fraction of sp³-hybridized carbons (Fsp3) is 0.898. The summed E-state index contributed by atoms with van der Waals surface area (Å²) < 4.78 is 33.7. The number of unbranched alkanes of at least 4 members (excludes halogenated alkanes) is 30. The van der Waals surface area contributed by atoms with Crippen LogP contribution in [0.3, 0.4) is 0 Å². The number of rotatable bonds is 48. The topological polar surface area (TPSA) is 231 Å². The van der Waals surface area contributed by atoms with Crippen LogP contribution in [0.4, 0.5) is 0 Å². The van der Waals surface area contributed by atoms with E-state index < -0.39 is 92.7 Å². The number of esters is 2. The van der Waals surface area contributed by atoms with Gasteiger partial charge in [0.15, 0.2) is 18.7 Å². The average Bonchev–Trinajstić information content (AvgIpc) is 3.39. The summed E-state index contributed by atoms with van der Waals surface area (Å²) in [6.45, 7) is 2.62. The van der Waals surface area contributed by atoms with Gasteiger partial charge in [0.2, 0.25) is 0 Å². The largest absolute Gasteiger partial charge is 0.462 e. The molecule has 0 aromatic carbocycles. The van der Waals surface area contributed by atoms with Crippen LogP contribution in [0, 0.1) is 0 Å². The van der Waals surface area contributed by atoms with Gasteiger partial charge in [-0.25, -0.2) is 0 Å². The smallest absolute Gasteiger partial charge is 0.306 e. The Hall–Kier alpha value is -2.02. The predicted octanol–water partition coefficient (Wildman–Crippen LogP) is 10.3. The lowest BCUT2D eigenvalue weighted by Gasteiger charge is -2.42. The standard InChI is InChI=1S/C59H108O15/c1-3-5-7-9-11-13-15-17-19-21-22-23-24-26-27-29-31-33-35-37-39-41-50(61)69-44-47(72-51(62)42-40-38-36-34-32-30-28-25-20-18-16-14-12-10-8-6-4-2)45-70-58-57(68)55(66)53(64)49(74-58)46-71-59-56(67)54(65)52(63)48(43-60)73-59/h14,16-17,19,47-49,52-60,63-68H,3-13,15,18,20-46H2,1-2H3/b16-14+,19-17+/t47-,48+,49+,52-,53-,54?,55?,56?,57?,58+,59+/m0/s1. The zero-order valence-corrected chi connectivity index (χ0v) is 46.3. The van der Waals surface area contributed by atoms with E-state index >= 15 is 0 Å². The molecule has 0 amide bonds. The van der Waals surface area contributed by atoms with Crippen LogP contribution >= 0.6 is 0 Å². The molecule has 2 fully saturated rings.